The Balaban J connectivity index is 2.27. The Morgan fingerprint density at radius 1 is 1.22 bits per heavy atom. The van der Waals surface area contributed by atoms with Gasteiger partial charge in [0.2, 0.25) is 0 Å². The molecule has 2 N–H and O–H groups in total. The van der Waals surface area contributed by atoms with E-state index in [1.54, 1.807) is 23.9 Å². The summed E-state index contributed by atoms with van der Waals surface area (Å²) in [5.74, 6) is 0.106. The van der Waals surface area contributed by atoms with Gasteiger partial charge < -0.3 is 10.4 Å². The summed E-state index contributed by atoms with van der Waals surface area (Å²) in [4.78, 5) is 13.3. The number of carbonyl (C=O) groups is 1. The maximum atomic E-state index is 13.2. The molecular formula is C18H16Cl2F3NO2S. The second kappa shape index (κ2) is 9.19. The first-order valence-corrected chi connectivity index (χ1v) is 9.61. The third-order valence-electron chi connectivity index (χ3n) is 3.68. The fourth-order valence-electron chi connectivity index (χ4n) is 2.44. The number of alkyl halides is 3. The van der Waals surface area contributed by atoms with Crippen LogP contribution in [0.2, 0.25) is 10.0 Å². The Bertz CT molecular complexity index is 844. The summed E-state index contributed by atoms with van der Waals surface area (Å²) in [7, 11) is 0. The van der Waals surface area contributed by atoms with E-state index in [0.717, 1.165) is 22.3 Å². The van der Waals surface area contributed by atoms with Crippen molar-refractivity contribution in [3.63, 3.8) is 0 Å². The Labute approximate surface area is 168 Å². The van der Waals surface area contributed by atoms with Gasteiger partial charge >= 0.3 is 6.18 Å². The summed E-state index contributed by atoms with van der Waals surface area (Å²) in [5.41, 5.74) is -1.07. The van der Waals surface area contributed by atoms with Gasteiger partial charge in [0.15, 0.2) is 0 Å². The molecule has 0 atom stereocenters. The number of aliphatic hydroxyl groups is 1. The zero-order chi connectivity index (χ0) is 20.2. The van der Waals surface area contributed by atoms with Crippen molar-refractivity contribution in [2.45, 2.75) is 31.1 Å². The second-order valence-corrected chi connectivity index (χ2v) is 7.66. The quantitative estimate of drug-likeness (QED) is 0.582. The first-order chi connectivity index (χ1) is 12.7. The van der Waals surface area contributed by atoms with Gasteiger partial charge in [-0.15, -0.1) is 11.8 Å². The average molecular weight is 438 g/mol. The number of aliphatic hydroxyl groups excluding tert-OH is 1. The highest BCUT2D eigenvalue weighted by atomic mass is 35.5. The van der Waals surface area contributed by atoms with Crippen LogP contribution in [0.5, 0.6) is 0 Å². The normalized spacial score (nSPS) is 11.5. The molecule has 9 heteroatoms. The monoisotopic (exact) mass is 437 g/mol. The van der Waals surface area contributed by atoms with Crippen LogP contribution in [-0.2, 0) is 19.3 Å². The van der Waals surface area contributed by atoms with Gasteiger partial charge in [-0.1, -0.05) is 30.1 Å². The van der Waals surface area contributed by atoms with Gasteiger partial charge in [0.25, 0.3) is 5.91 Å². The van der Waals surface area contributed by atoms with E-state index in [9.17, 15) is 18.0 Å². The van der Waals surface area contributed by atoms with Crippen molar-refractivity contribution in [1.82, 2.24) is 5.32 Å². The molecule has 2 aromatic rings. The summed E-state index contributed by atoms with van der Waals surface area (Å²) in [5, 5.41) is 11.9. The van der Waals surface area contributed by atoms with Crippen LogP contribution in [0.1, 0.15) is 34.0 Å². The molecule has 0 bridgehead atoms. The molecule has 0 spiro atoms. The first kappa shape index (κ1) is 21.9. The smallest absolute Gasteiger partial charge is 0.392 e. The molecule has 1 amide bonds. The van der Waals surface area contributed by atoms with Crippen LogP contribution in [0.4, 0.5) is 13.2 Å². The van der Waals surface area contributed by atoms with E-state index >= 15 is 0 Å². The van der Waals surface area contributed by atoms with Gasteiger partial charge in [-0.05, 0) is 41.6 Å². The summed E-state index contributed by atoms with van der Waals surface area (Å²) in [6.07, 6.45) is -4.74. The summed E-state index contributed by atoms with van der Waals surface area (Å²) >= 11 is 13.4. The van der Waals surface area contributed by atoms with E-state index in [0.29, 0.717) is 11.1 Å². The maximum absolute atomic E-state index is 13.2. The highest BCUT2D eigenvalue weighted by molar-refractivity contribution is 7.99. The van der Waals surface area contributed by atoms with Gasteiger partial charge in [0.05, 0.1) is 12.2 Å². The lowest BCUT2D eigenvalue weighted by atomic mass is 10.0. The van der Waals surface area contributed by atoms with Crippen LogP contribution < -0.4 is 5.32 Å². The van der Waals surface area contributed by atoms with Crippen molar-refractivity contribution in [3.8, 4) is 0 Å². The minimum Gasteiger partial charge on any atom is -0.392 e. The molecule has 146 valence electrons. The van der Waals surface area contributed by atoms with Gasteiger partial charge in [-0.25, -0.2) is 0 Å². The minimum atomic E-state index is -4.74. The van der Waals surface area contributed by atoms with Gasteiger partial charge in [0.1, 0.15) is 0 Å². The van der Waals surface area contributed by atoms with Crippen LogP contribution in [-0.4, -0.2) is 16.8 Å². The molecule has 0 radical (unpaired) electrons. The third kappa shape index (κ3) is 5.54. The summed E-state index contributed by atoms with van der Waals surface area (Å²) in [6, 6.07) is 7.05. The highest BCUT2D eigenvalue weighted by Gasteiger charge is 2.35. The zero-order valence-electron chi connectivity index (χ0n) is 14.2. The van der Waals surface area contributed by atoms with E-state index in [1.807, 2.05) is 13.0 Å². The molecule has 0 saturated carbocycles. The summed E-state index contributed by atoms with van der Waals surface area (Å²) < 4.78 is 39.5. The van der Waals surface area contributed by atoms with Crippen molar-refractivity contribution in [2.75, 3.05) is 5.75 Å². The third-order valence-corrected chi connectivity index (χ3v) is 5.25. The molecule has 2 aromatic carbocycles. The number of halogens is 5. The molecule has 27 heavy (non-hydrogen) atoms. The van der Waals surface area contributed by atoms with E-state index in [4.69, 9.17) is 28.3 Å². The van der Waals surface area contributed by atoms with E-state index in [-0.39, 0.29) is 17.1 Å². The number of amides is 1. The molecule has 0 unspecified atom stereocenters. The van der Waals surface area contributed by atoms with Crippen molar-refractivity contribution >= 4 is 40.9 Å². The van der Waals surface area contributed by atoms with Crippen molar-refractivity contribution < 1.29 is 23.1 Å². The molecule has 0 aliphatic carbocycles. The largest absolute Gasteiger partial charge is 0.416 e. The van der Waals surface area contributed by atoms with Gasteiger partial charge in [0, 0.05) is 32.6 Å². The fourth-order valence-corrected chi connectivity index (χ4v) is 3.71. The lowest BCUT2D eigenvalue weighted by molar-refractivity contribution is -0.138. The van der Waals surface area contributed by atoms with Crippen LogP contribution >= 0.6 is 35.0 Å². The molecular weight excluding hydrogens is 422 g/mol. The van der Waals surface area contributed by atoms with Gasteiger partial charge in [-0.3, -0.25) is 4.79 Å². The SMILES string of the molecule is CCSc1ccc(Cl)cc1CNC(=O)c1cc(Cl)c(CO)c(C(F)(F)F)c1. The molecule has 0 heterocycles. The number of hydrogen-bond donors (Lipinski definition) is 2. The predicted octanol–water partition coefficient (Wildman–Crippen LogP) is 5.55. The molecule has 0 fully saturated rings. The average Bonchev–Trinajstić information content (AvgIpc) is 2.60. The Morgan fingerprint density at radius 2 is 1.93 bits per heavy atom. The number of hydrogen-bond acceptors (Lipinski definition) is 3. The maximum Gasteiger partial charge on any atom is 0.416 e. The number of carbonyl (C=O) groups excluding carboxylic acids is 1. The number of nitrogens with one attached hydrogen (secondary N) is 1. The zero-order valence-corrected chi connectivity index (χ0v) is 16.5. The molecule has 2 rings (SSSR count). The first-order valence-electron chi connectivity index (χ1n) is 7.87. The molecule has 3 nitrogen and oxygen atoms in total. The Morgan fingerprint density at radius 3 is 2.52 bits per heavy atom. The topological polar surface area (TPSA) is 49.3 Å². The molecule has 0 aromatic heterocycles. The van der Waals surface area contributed by atoms with Crippen molar-refractivity contribution in [3.05, 3.63) is 62.6 Å². The molecule has 0 aliphatic rings. The predicted molar refractivity (Wildman–Crippen MR) is 101 cm³/mol. The van der Waals surface area contributed by atoms with E-state index in [2.05, 4.69) is 5.32 Å². The van der Waals surface area contributed by atoms with Crippen LogP contribution in [0.15, 0.2) is 35.2 Å². The summed E-state index contributed by atoms with van der Waals surface area (Å²) in [6.45, 7) is 1.20. The minimum absolute atomic E-state index is 0.0997. The number of rotatable bonds is 6. The Kier molecular flexibility index (Phi) is 7.45. The molecule has 0 aliphatic heterocycles. The standard InChI is InChI=1S/C18H16Cl2F3NO2S/c1-2-27-16-4-3-12(19)5-11(16)8-24-17(26)10-6-14(18(21,22)23)13(9-25)15(20)7-10/h3-7,25H,2,8-9H2,1H3,(H,24,26). The number of benzene rings is 2. The number of thioether (sulfide) groups is 1. The lowest BCUT2D eigenvalue weighted by Gasteiger charge is -2.15. The van der Waals surface area contributed by atoms with Crippen LogP contribution in [0.3, 0.4) is 0 Å². The Hall–Kier alpha value is -1.41. The van der Waals surface area contributed by atoms with E-state index < -0.39 is 29.8 Å². The lowest BCUT2D eigenvalue weighted by Crippen LogP contribution is -2.24. The van der Waals surface area contributed by atoms with Crippen molar-refractivity contribution in [2.24, 2.45) is 0 Å². The van der Waals surface area contributed by atoms with Crippen molar-refractivity contribution in [1.29, 1.82) is 0 Å². The van der Waals surface area contributed by atoms with E-state index in [1.165, 1.54) is 0 Å². The molecule has 0 saturated heterocycles. The second-order valence-electron chi connectivity index (χ2n) is 5.51. The van der Waals surface area contributed by atoms with Crippen LogP contribution in [0, 0.1) is 0 Å². The van der Waals surface area contributed by atoms with Gasteiger partial charge in [-0.2, -0.15) is 13.2 Å². The highest BCUT2D eigenvalue weighted by Crippen LogP contribution is 2.36. The fraction of sp³-hybridized carbons (Fsp3) is 0.278. The van der Waals surface area contributed by atoms with Crippen LogP contribution in [0.25, 0.3) is 0 Å².